The highest BCUT2D eigenvalue weighted by Crippen LogP contribution is 2.01. The number of alkyl carbamates (subject to hydrolysis) is 1. The molecule has 0 aliphatic rings. The largest absolute Gasteiger partial charge is 0.445 e. The molecule has 1 aromatic carbocycles. The van der Waals surface area contributed by atoms with Crippen LogP contribution in [0.4, 0.5) is 4.79 Å². The predicted molar refractivity (Wildman–Crippen MR) is 81.1 cm³/mol. The van der Waals surface area contributed by atoms with Crippen molar-refractivity contribution >= 4 is 12.4 Å². The SMILES string of the molecule is O=CCOOCCCCCCNC(=O)OCc1ccccc1. The number of rotatable bonds is 12. The van der Waals surface area contributed by atoms with Gasteiger partial charge in [-0.05, 0) is 18.4 Å². The van der Waals surface area contributed by atoms with Crippen LogP contribution >= 0.6 is 0 Å². The third kappa shape index (κ3) is 9.90. The van der Waals surface area contributed by atoms with Crippen molar-refractivity contribution in [2.75, 3.05) is 19.8 Å². The summed E-state index contributed by atoms with van der Waals surface area (Å²) in [6.07, 6.45) is 3.95. The van der Waals surface area contributed by atoms with Gasteiger partial charge < -0.3 is 14.8 Å². The van der Waals surface area contributed by atoms with Crippen LogP contribution in [0.25, 0.3) is 0 Å². The van der Waals surface area contributed by atoms with Gasteiger partial charge in [-0.2, -0.15) is 0 Å². The van der Waals surface area contributed by atoms with Crippen molar-refractivity contribution in [2.45, 2.75) is 32.3 Å². The third-order valence-corrected chi connectivity index (χ3v) is 2.86. The molecular weight excluding hydrogens is 286 g/mol. The van der Waals surface area contributed by atoms with Crippen LogP contribution in [0.3, 0.4) is 0 Å². The topological polar surface area (TPSA) is 73.9 Å². The summed E-state index contributed by atoms with van der Waals surface area (Å²) in [6, 6.07) is 9.56. The third-order valence-electron chi connectivity index (χ3n) is 2.86. The van der Waals surface area contributed by atoms with E-state index in [0.29, 0.717) is 19.4 Å². The van der Waals surface area contributed by atoms with Crippen LogP contribution in [0.5, 0.6) is 0 Å². The zero-order valence-corrected chi connectivity index (χ0v) is 12.7. The van der Waals surface area contributed by atoms with Crippen LogP contribution in [0, 0.1) is 0 Å². The lowest BCUT2D eigenvalue weighted by Gasteiger charge is -2.07. The Hall–Kier alpha value is -1.92. The molecule has 0 heterocycles. The van der Waals surface area contributed by atoms with Crippen molar-refractivity contribution in [1.29, 1.82) is 0 Å². The van der Waals surface area contributed by atoms with Gasteiger partial charge in [0.25, 0.3) is 0 Å². The number of hydrogen-bond donors (Lipinski definition) is 1. The Morgan fingerprint density at radius 1 is 1.05 bits per heavy atom. The van der Waals surface area contributed by atoms with Gasteiger partial charge in [0.1, 0.15) is 19.5 Å². The van der Waals surface area contributed by atoms with Gasteiger partial charge in [0.2, 0.25) is 0 Å². The average Bonchev–Trinajstić information content (AvgIpc) is 2.55. The maximum Gasteiger partial charge on any atom is 0.407 e. The molecule has 22 heavy (non-hydrogen) atoms. The molecule has 0 bridgehead atoms. The molecule has 0 radical (unpaired) electrons. The minimum atomic E-state index is -0.394. The summed E-state index contributed by atoms with van der Waals surface area (Å²) < 4.78 is 5.10. The molecule has 0 atom stereocenters. The van der Waals surface area contributed by atoms with Crippen LogP contribution < -0.4 is 5.32 Å². The summed E-state index contributed by atoms with van der Waals surface area (Å²) in [6.45, 7) is 1.32. The molecule has 0 aliphatic heterocycles. The van der Waals surface area contributed by atoms with Crippen molar-refractivity contribution in [1.82, 2.24) is 5.32 Å². The Bertz CT molecular complexity index is 410. The molecule has 122 valence electrons. The van der Waals surface area contributed by atoms with E-state index in [1.165, 1.54) is 0 Å². The second-order valence-electron chi connectivity index (χ2n) is 4.68. The minimum absolute atomic E-state index is 0.0327. The molecule has 1 rings (SSSR count). The summed E-state index contributed by atoms with van der Waals surface area (Å²) in [5.74, 6) is 0. The first-order valence-electron chi connectivity index (χ1n) is 7.45. The van der Waals surface area contributed by atoms with E-state index < -0.39 is 6.09 Å². The molecule has 6 nitrogen and oxygen atoms in total. The molecular formula is C16H23NO5. The summed E-state index contributed by atoms with van der Waals surface area (Å²) in [4.78, 5) is 30.7. The van der Waals surface area contributed by atoms with Gasteiger partial charge >= 0.3 is 6.09 Å². The smallest absolute Gasteiger partial charge is 0.407 e. The number of nitrogens with one attached hydrogen (secondary N) is 1. The number of amides is 1. The molecule has 0 aliphatic carbocycles. The van der Waals surface area contributed by atoms with E-state index in [4.69, 9.17) is 9.62 Å². The quantitative estimate of drug-likeness (QED) is 0.278. The second-order valence-corrected chi connectivity index (χ2v) is 4.68. The molecule has 6 heteroatoms. The van der Waals surface area contributed by atoms with Gasteiger partial charge in [-0.25, -0.2) is 14.6 Å². The highest BCUT2D eigenvalue weighted by molar-refractivity contribution is 5.67. The Morgan fingerprint density at radius 2 is 1.82 bits per heavy atom. The highest BCUT2D eigenvalue weighted by atomic mass is 17.2. The summed E-state index contributed by atoms with van der Waals surface area (Å²) in [7, 11) is 0. The van der Waals surface area contributed by atoms with E-state index in [9.17, 15) is 9.59 Å². The van der Waals surface area contributed by atoms with E-state index in [1.807, 2.05) is 30.3 Å². The minimum Gasteiger partial charge on any atom is -0.445 e. The zero-order chi connectivity index (χ0) is 15.9. The maximum absolute atomic E-state index is 11.5. The molecule has 0 spiro atoms. The molecule has 0 fully saturated rings. The standard InChI is InChI=1S/C16H23NO5/c18-11-13-22-21-12-7-2-1-6-10-17-16(19)20-14-15-8-4-3-5-9-15/h3-5,8-9,11H,1-2,6-7,10,12-14H2,(H,17,19). The van der Waals surface area contributed by atoms with Gasteiger partial charge in [0.15, 0.2) is 0 Å². The van der Waals surface area contributed by atoms with Crippen LogP contribution in [-0.4, -0.2) is 32.1 Å². The molecule has 1 N–H and O–H groups in total. The fraction of sp³-hybridized carbons (Fsp3) is 0.500. The van der Waals surface area contributed by atoms with E-state index in [2.05, 4.69) is 10.2 Å². The van der Waals surface area contributed by atoms with E-state index in [-0.39, 0.29) is 13.2 Å². The Morgan fingerprint density at radius 3 is 2.59 bits per heavy atom. The van der Waals surface area contributed by atoms with Gasteiger partial charge in [-0.1, -0.05) is 43.2 Å². The lowest BCUT2D eigenvalue weighted by atomic mass is 10.2. The van der Waals surface area contributed by atoms with Crippen molar-refractivity contribution < 1.29 is 24.1 Å². The zero-order valence-electron chi connectivity index (χ0n) is 12.7. The number of benzene rings is 1. The Kier molecular flexibility index (Phi) is 10.5. The van der Waals surface area contributed by atoms with Gasteiger partial charge in [-0.3, -0.25) is 0 Å². The van der Waals surface area contributed by atoms with Crippen LogP contribution in [-0.2, 0) is 25.9 Å². The highest BCUT2D eigenvalue weighted by Gasteiger charge is 2.01. The normalized spacial score (nSPS) is 10.2. The van der Waals surface area contributed by atoms with Gasteiger partial charge in [0, 0.05) is 6.54 Å². The fourth-order valence-corrected chi connectivity index (χ4v) is 1.74. The number of ether oxygens (including phenoxy) is 1. The van der Waals surface area contributed by atoms with Crippen LogP contribution in [0.2, 0.25) is 0 Å². The summed E-state index contributed by atoms with van der Waals surface area (Å²) in [5.41, 5.74) is 0.967. The van der Waals surface area contributed by atoms with Gasteiger partial charge in [-0.15, -0.1) is 0 Å². The maximum atomic E-state index is 11.5. The van der Waals surface area contributed by atoms with Crippen LogP contribution in [0.15, 0.2) is 30.3 Å². The number of carbonyl (C=O) groups is 2. The molecule has 0 saturated carbocycles. The summed E-state index contributed by atoms with van der Waals surface area (Å²) >= 11 is 0. The Labute approximate surface area is 130 Å². The van der Waals surface area contributed by atoms with Crippen molar-refractivity contribution in [3.05, 3.63) is 35.9 Å². The molecule has 0 unspecified atom stereocenters. The van der Waals surface area contributed by atoms with Crippen molar-refractivity contribution in [2.24, 2.45) is 0 Å². The predicted octanol–water partition coefficient (Wildman–Crippen LogP) is 2.62. The van der Waals surface area contributed by atoms with E-state index in [1.54, 1.807) is 0 Å². The molecule has 1 aromatic rings. The van der Waals surface area contributed by atoms with Crippen molar-refractivity contribution in [3.8, 4) is 0 Å². The van der Waals surface area contributed by atoms with Crippen LogP contribution in [0.1, 0.15) is 31.2 Å². The molecule has 0 saturated heterocycles. The average molecular weight is 309 g/mol. The number of aldehydes is 1. The first kappa shape index (κ1) is 18.1. The number of unbranched alkanes of at least 4 members (excludes halogenated alkanes) is 3. The van der Waals surface area contributed by atoms with E-state index in [0.717, 1.165) is 31.2 Å². The first-order valence-corrected chi connectivity index (χ1v) is 7.45. The lowest BCUT2D eigenvalue weighted by molar-refractivity contribution is -0.287. The monoisotopic (exact) mass is 309 g/mol. The lowest BCUT2D eigenvalue weighted by Crippen LogP contribution is -2.25. The number of carbonyl (C=O) groups excluding carboxylic acids is 2. The summed E-state index contributed by atoms with van der Waals surface area (Å²) in [5, 5.41) is 2.72. The number of hydrogen-bond acceptors (Lipinski definition) is 5. The molecule has 0 aromatic heterocycles. The van der Waals surface area contributed by atoms with E-state index >= 15 is 0 Å². The second kappa shape index (κ2) is 12.8. The fourth-order valence-electron chi connectivity index (χ4n) is 1.74. The molecule has 1 amide bonds. The van der Waals surface area contributed by atoms with Gasteiger partial charge in [0.05, 0.1) is 6.61 Å². The Balaban J connectivity index is 1.87. The first-order chi connectivity index (χ1) is 10.8. The van der Waals surface area contributed by atoms with Crippen molar-refractivity contribution in [3.63, 3.8) is 0 Å².